The molecule has 0 bridgehead atoms. The van der Waals surface area contributed by atoms with Crippen molar-refractivity contribution >= 4 is 29.2 Å². The molecule has 0 aliphatic heterocycles. The fourth-order valence-electron chi connectivity index (χ4n) is 0.894. The molecule has 1 aromatic carbocycles. The predicted octanol–water partition coefficient (Wildman–Crippen LogP) is 0.585. The molecule has 5 heteroatoms. The van der Waals surface area contributed by atoms with Gasteiger partial charge in [-0.2, -0.15) is 0 Å². The van der Waals surface area contributed by atoms with Crippen LogP contribution >= 0.6 is 11.6 Å². The summed E-state index contributed by atoms with van der Waals surface area (Å²) < 4.78 is 0. The Kier molecular flexibility index (Phi) is 3.88. The smallest absolute Gasteiger partial charge is 0.248 e. The van der Waals surface area contributed by atoms with Gasteiger partial charge < -0.3 is 15.2 Å². The van der Waals surface area contributed by atoms with Crippen LogP contribution in [0.4, 0.5) is 5.69 Å². The minimum absolute atomic E-state index is 0.483. The number of rotatable bonds is 3. The number of carbonyl (C=O) groups excluding carboxylic acids is 2. The fourth-order valence-corrected chi connectivity index (χ4v) is 1.08. The second kappa shape index (κ2) is 5.17. The monoisotopic (exact) mass is 224 g/mol. The number of nitrogens with one attached hydrogen (secondary N) is 1. The number of aliphatic carboxylic acids is 1. The number of anilines is 1. The van der Waals surface area contributed by atoms with Crippen molar-refractivity contribution in [2.45, 2.75) is 0 Å². The zero-order chi connectivity index (χ0) is 11.3. The minimum Gasteiger partial charge on any atom is -0.545 e. The molecule has 4 nitrogen and oxygen atoms in total. The van der Waals surface area contributed by atoms with Gasteiger partial charge in [-0.1, -0.05) is 17.7 Å². The summed E-state index contributed by atoms with van der Waals surface area (Å²) in [5, 5.41) is 12.9. The first-order valence-corrected chi connectivity index (χ1v) is 4.41. The number of halogens is 1. The Morgan fingerprint density at radius 2 is 2.07 bits per heavy atom. The summed E-state index contributed by atoms with van der Waals surface area (Å²) in [6.45, 7) is 0. The van der Waals surface area contributed by atoms with E-state index in [4.69, 9.17) is 11.6 Å². The lowest BCUT2D eigenvalue weighted by molar-refractivity contribution is -0.297. The lowest BCUT2D eigenvalue weighted by Gasteiger charge is -2.01. The maximum atomic E-state index is 11.1. The molecule has 0 heterocycles. The lowest BCUT2D eigenvalue weighted by Crippen LogP contribution is -2.20. The van der Waals surface area contributed by atoms with E-state index in [1.807, 2.05) is 0 Å². The average Bonchev–Trinajstić information content (AvgIpc) is 2.15. The van der Waals surface area contributed by atoms with Crippen molar-refractivity contribution in [2.24, 2.45) is 0 Å². The molecule has 0 saturated carbocycles. The quantitative estimate of drug-likeness (QED) is 0.764. The highest BCUT2D eigenvalue weighted by atomic mass is 35.5. The number of carboxylic acids is 1. The van der Waals surface area contributed by atoms with E-state index in [0.717, 1.165) is 6.08 Å². The van der Waals surface area contributed by atoms with Crippen LogP contribution in [0.25, 0.3) is 0 Å². The summed E-state index contributed by atoms with van der Waals surface area (Å²) in [4.78, 5) is 21.1. The van der Waals surface area contributed by atoms with Gasteiger partial charge in [0.2, 0.25) is 5.91 Å². The highest BCUT2D eigenvalue weighted by molar-refractivity contribution is 6.30. The number of hydrogen-bond acceptors (Lipinski definition) is 3. The molecule has 0 aliphatic rings. The number of carboxylic acid groups (broad SMARTS) is 1. The average molecular weight is 225 g/mol. The molecule has 0 fully saturated rings. The maximum Gasteiger partial charge on any atom is 0.248 e. The third-order valence-electron chi connectivity index (χ3n) is 1.46. The van der Waals surface area contributed by atoms with Crippen molar-refractivity contribution in [3.05, 3.63) is 41.4 Å². The van der Waals surface area contributed by atoms with Crippen molar-refractivity contribution in [1.82, 2.24) is 0 Å². The van der Waals surface area contributed by atoms with Crippen LogP contribution in [-0.4, -0.2) is 11.9 Å². The van der Waals surface area contributed by atoms with Gasteiger partial charge in [0.1, 0.15) is 0 Å². The molecular weight excluding hydrogens is 218 g/mol. The van der Waals surface area contributed by atoms with E-state index in [-0.39, 0.29) is 0 Å². The van der Waals surface area contributed by atoms with E-state index >= 15 is 0 Å². The van der Waals surface area contributed by atoms with Crippen LogP contribution in [0.2, 0.25) is 5.02 Å². The van der Waals surface area contributed by atoms with E-state index in [0.29, 0.717) is 16.8 Å². The first-order valence-electron chi connectivity index (χ1n) is 4.03. The molecule has 1 amide bonds. The van der Waals surface area contributed by atoms with Crippen LogP contribution < -0.4 is 10.4 Å². The molecule has 15 heavy (non-hydrogen) atoms. The van der Waals surface area contributed by atoms with Crippen LogP contribution in [0.1, 0.15) is 0 Å². The largest absolute Gasteiger partial charge is 0.545 e. The van der Waals surface area contributed by atoms with Gasteiger partial charge in [-0.25, -0.2) is 0 Å². The second-order valence-electron chi connectivity index (χ2n) is 2.65. The number of hydrogen-bond donors (Lipinski definition) is 1. The Morgan fingerprint density at radius 1 is 1.33 bits per heavy atom. The van der Waals surface area contributed by atoms with Crippen molar-refractivity contribution in [3.8, 4) is 0 Å². The van der Waals surface area contributed by atoms with E-state index in [9.17, 15) is 14.7 Å². The molecule has 0 atom stereocenters. The molecule has 0 aliphatic carbocycles. The first kappa shape index (κ1) is 11.3. The van der Waals surface area contributed by atoms with Gasteiger partial charge in [-0.15, -0.1) is 0 Å². The van der Waals surface area contributed by atoms with Gasteiger partial charge in [-0.3, -0.25) is 4.79 Å². The molecule has 1 aromatic rings. The molecule has 0 spiro atoms. The van der Waals surface area contributed by atoms with E-state index in [1.54, 1.807) is 24.3 Å². The Bertz CT molecular complexity index is 415. The van der Waals surface area contributed by atoms with E-state index in [1.165, 1.54) is 0 Å². The summed E-state index contributed by atoms with van der Waals surface area (Å²) in [5.41, 5.74) is 0.496. The molecule has 78 valence electrons. The van der Waals surface area contributed by atoms with Crippen molar-refractivity contribution in [1.29, 1.82) is 0 Å². The van der Waals surface area contributed by atoms with Crippen molar-refractivity contribution < 1.29 is 14.7 Å². The maximum absolute atomic E-state index is 11.1. The third-order valence-corrected chi connectivity index (χ3v) is 1.70. The Labute approximate surface area is 91.2 Å². The molecule has 1 N–H and O–H groups in total. The predicted molar refractivity (Wildman–Crippen MR) is 54.2 cm³/mol. The SMILES string of the molecule is O=C([O-])/C=C/C(=O)Nc1cccc(Cl)c1. The van der Waals surface area contributed by atoms with E-state index in [2.05, 4.69) is 5.32 Å². The number of carbonyl (C=O) groups is 2. The molecule has 0 unspecified atom stereocenters. The number of amides is 1. The topological polar surface area (TPSA) is 69.2 Å². The fraction of sp³-hybridized carbons (Fsp3) is 0. The molecule has 0 radical (unpaired) electrons. The highest BCUT2D eigenvalue weighted by Gasteiger charge is 1.97. The van der Waals surface area contributed by atoms with Crippen molar-refractivity contribution in [3.63, 3.8) is 0 Å². The standard InChI is InChI=1S/C10H8ClNO3/c11-7-2-1-3-8(6-7)12-9(13)4-5-10(14)15/h1-6H,(H,12,13)(H,14,15)/p-1/b5-4+. The second-order valence-corrected chi connectivity index (χ2v) is 3.09. The van der Waals surface area contributed by atoms with Crippen molar-refractivity contribution in [2.75, 3.05) is 5.32 Å². The highest BCUT2D eigenvalue weighted by Crippen LogP contribution is 2.14. The number of benzene rings is 1. The van der Waals surface area contributed by atoms with Gasteiger partial charge in [-0.05, 0) is 24.3 Å². The van der Waals surface area contributed by atoms with Crippen LogP contribution in [0.5, 0.6) is 0 Å². The van der Waals surface area contributed by atoms with E-state index < -0.39 is 11.9 Å². The van der Waals surface area contributed by atoms with Gasteiger partial charge in [0.15, 0.2) is 0 Å². The molecule has 1 rings (SSSR count). The molecule has 0 saturated heterocycles. The Hall–Kier alpha value is -1.81. The van der Waals surface area contributed by atoms with Gasteiger partial charge in [0.25, 0.3) is 0 Å². The van der Waals surface area contributed by atoms with Crippen LogP contribution in [0.15, 0.2) is 36.4 Å². The third kappa shape index (κ3) is 4.28. The summed E-state index contributed by atoms with van der Waals surface area (Å²) in [7, 11) is 0. The summed E-state index contributed by atoms with van der Waals surface area (Å²) >= 11 is 5.68. The zero-order valence-electron chi connectivity index (χ0n) is 7.57. The van der Waals surface area contributed by atoms with Gasteiger partial charge >= 0.3 is 0 Å². The van der Waals surface area contributed by atoms with Crippen LogP contribution in [0, 0.1) is 0 Å². The zero-order valence-corrected chi connectivity index (χ0v) is 8.32. The molecule has 0 aromatic heterocycles. The normalized spacial score (nSPS) is 10.2. The molecular formula is C10H7ClNO3-. The minimum atomic E-state index is -1.42. The Morgan fingerprint density at radius 3 is 2.67 bits per heavy atom. The summed E-state index contributed by atoms with van der Waals surface area (Å²) in [5.74, 6) is -1.97. The van der Waals surface area contributed by atoms with Crippen LogP contribution in [0.3, 0.4) is 0 Å². The van der Waals surface area contributed by atoms with Crippen LogP contribution in [-0.2, 0) is 9.59 Å². The first-order chi connectivity index (χ1) is 7.08. The van der Waals surface area contributed by atoms with Gasteiger partial charge in [0.05, 0.1) is 5.97 Å². The lowest BCUT2D eigenvalue weighted by atomic mass is 10.3. The summed E-state index contributed by atoms with van der Waals surface area (Å²) in [6, 6.07) is 6.51. The van der Waals surface area contributed by atoms with Gasteiger partial charge in [0, 0.05) is 16.8 Å². The summed E-state index contributed by atoms with van der Waals surface area (Å²) in [6.07, 6.45) is 1.52. The Balaban J connectivity index is 2.63.